The number of hydrogen-bond acceptors (Lipinski definition) is 7. The Morgan fingerprint density at radius 2 is 2.14 bits per heavy atom. The predicted molar refractivity (Wildman–Crippen MR) is 102 cm³/mol. The van der Waals surface area contributed by atoms with Crippen molar-refractivity contribution in [2.45, 2.75) is 26.5 Å². The molecule has 0 amide bonds. The van der Waals surface area contributed by atoms with Crippen LogP contribution in [0.1, 0.15) is 12.5 Å². The van der Waals surface area contributed by atoms with E-state index in [1.807, 2.05) is 6.92 Å². The lowest BCUT2D eigenvalue weighted by atomic mass is 10.1. The number of ether oxygens (including phenoxy) is 1. The van der Waals surface area contributed by atoms with Crippen molar-refractivity contribution in [3.8, 4) is 17.0 Å². The summed E-state index contributed by atoms with van der Waals surface area (Å²) < 4.78 is 20.9. The largest absolute Gasteiger partial charge is 0.491 e. The Kier molecular flexibility index (Phi) is 6.17. The summed E-state index contributed by atoms with van der Waals surface area (Å²) in [5, 5.41) is 25.5. The van der Waals surface area contributed by atoms with Gasteiger partial charge in [-0.3, -0.25) is 4.68 Å². The summed E-state index contributed by atoms with van der Waals surface area (Å²) >= 11 is 0. The van der Waals surface area contributed by atoms with Gasteiger partial charge in [-0.1, -0.05) is 0 Å². The van der Waals surface area contributed by atoms with Gasteiger partial charge in [-0.2, -0.15) is 5.10 Å². The summed E-state index contributed by atoms with van der Waals surface area (Å²) in [5.74, 6) is 0.0847. The molecule has 8 nitrogen and oxygen atoms in total. The number of aliphatic hydroxyl groups excluding tert-OH is 2. The molecule has 1 unspecified atom stereocenters. The van der Waals surface area contributed by atoms with Crippen LogP contribution in [-0.2, 0) is 6.54 Å². The number of hydrogen-bond donors (Lipinski definition) is 3. The van der Waals surface area contributed by atoms with Crippen molar-refractivity contribution in [3.63, 3.8) is 0 Å². The first kappa shape index (κ1) is 19.7. The lowest BCUT2D eigenvalue weighted by Gasteiger charge is -2.10. The third-order valence-corrected chi connectivity index (χ3v) is 3.97. The Labute approximate surface area is 161 Å². The molecular formula is C19H22FN5O3. The predicted octanol–water partition coefficient (Wildman–Crippen LogP) is 2.28. The number of nitrogens with one attached hydrogen (secondary N) is 1. The number of benzene rings is 1. The van der Waals surface area contributed by atoms with Crippen LogP contribution in [0.15, 0.2) is 36.8 Å². The van der Waals surface area contributed by atoms with Crippen LogP contribution in [0.2, 0.25) is 0 Å². The van der Waals surface area contributed by atoms with E-state index in [-0.39, 0.29) is 18.9 Å². The van der Waals surface area contributed by atoms with Gasteiger partial charge in [0.25, 0.3) is 0 Å². The van der Waals surface area contributed by atoms with Crippen molar-refractivity contribution in [3.05, 3.63) is 48.2 Å². The molecule has 2 heterocycles. The minimum Gasteiger partial charge on any atom is -0.491 e. The summed E-state index contributed by atoms with van der Waals surface area (Å²) in [6.07, 6.45) is 3.99. The molecule has 0 spiro atoms. The average molecular weight is 387 g/mol. The molecule has 0 saturated carbocycles. The van der Waals surface area contributed by atoms with Crippen molar-refractivity contribution in [1.29, 1.82) is 0 Å². The standard InChI is InChI=1S/C19H22FN5O3/c1-3-28-17-5-4-13(6-16(17)20)18-12(2)7-21-19(24-18)23-14-8-22-25(9-14)10-15(27)11-26/h4-9,15,26-27H,3,10-11H2,1-2H3,(H,21,23,24). The van der Waals surface area contributed by atoms with E-state index in [0.717, 1.165) is 5.56 Å². The smallest absolute Gasteiger partial charge is 0.227 e. The number of aromatic nitrogens is 4. The van der Waals surface area contributed by atoms with Crippen LogP contribution in [0.5, 0.6) is 5.75 Å². The molecule has 0 radical (unpaired) electrons. The van der Waals surface area contributed by atoms with Crippen molar-refractivity contribution < 1.29 is 19.3 Å². The van der Waals surface area contributed by atoms with E-state index in [4.69, 9.17) is 9.84 Å². The molecule has 2 aromatic heterocycles. The molecule has 148 valence electrons. The second-order valence-electron chi connectivity index (χ2n) is 6.22. The van der Waals surface area contributed by atoms with Crippen LogP contribution in [0.3, 0.4) is 0 Å². The number of aliphatic hydroxyl groups is 2. The Balaban J connectivity index is 1.81. The number of nitrogens with zero attached hydrogens (tertiary/aromatic N) is 4. The van der Waals surface area contributed by atoms with Crippen LogP contribution >= 0.6 is 0 Å². The third kappa shape index (κ3) is 4.62. The van der Waals surface area contributed by atoms with Gasteiger partial charge in [0.05, 0.1) is 43.4 Å². The first-order valence-electron chi connectivity index (χ1n) is 8.85. The zero-order valence-electron chi connectivity index (χ0n) is 15.6. The highest BCUT2D eigenvalue weighted by atomic mass is 19.1. The highest BCUT2D eigenvalue weighted by Gasteiger charge is 2.12. The maximum Gasteiger partial charge on any atom is 0.227 e. The van der Waals surface area contributed by atoms with Gasteiger partial charge < -0.3 is 20.3 Å². The van der Waals surface area contributed by atoms with Gasteiger partial charge in [-0.15, -0.1) is 0 Å². The Hall–Kier alpha value is -3.04. The Morgan fingerprint density at radius 1 is 1.32 bits per heavy atom. The van der Waals surface area contributed by atoms with Gasteiger partial charge in [0.1, 0.15) is 0 Å². The fourth-order valence-corrected chi connectivity index (χ4v) is 2.65. The Bertz CT molecular complexity index is 947. The van der Waals surface area contributed by atoms with Gasteiger partial charge in [-0.05, 0) is 37.6 Å². The zero-order valence-corrected chi connectivity index (χ0v) is 15.6. The molecule has 1 atom stereocenters. The quantitative estimate of drug-likeness (QED) is 0.545. The highest BCUT2D eigenvalue weighted by molar-refractivity contribution is 5.65. The number of anilines is 2. The molecule has 3 N–H and O–H groups in total. The van der Waals surface area contributed by atoms with Crippen molar-refractivity contribution in [1.82, 2.24) is 19.7 Å². The summed E-state index contributed by atoms with van der Waals surface area (Å²) in [6.45, 7) is 3.86. The summed E-state index contributed by atoms with van der Waals surface area (Å²) in [6, 6.07) is 4.72. The minimum atomic E-state index is -0.885. The minimum absolute atomic E-state index is 0.170. The van der Waals surface area contributed by atoms with Crippen LogP contribution in [0.25, 0.3) is 11.3 Å². The zero-order chi connectivity index (χ0) is 20.1. The fraction of sp³-hybridized carbons (Fsp3) is 0.316. The van der Waals surface area contributed by atoms with Gasteiger partial charge in [0.15, 0.2) is 11.6 Å². The third-order valence-electron chi connectivity index (χ3n) is 3.97. The molecular weight excluding hydrogens is 365 g/mol. The van der Waals surface area contributed by atoms with Crippen LogP contribution < -0.4 is 10.1 Å². The van der Waals surface area contributed by atoms with Crippen LogP contribution in [0.4, 0.5) is 16.0 Å². The second-order valence-corrected chi connectivity index (χ2v) is 6.22. The Morgan fingerprint density at radius 3 is 2.86 bits per heavy atom. The van der Waals surface area contributed by atoms with E-state index < -0.39 is 11.9 Å². The van der Waals surface area contributed by atoms with Crippen molar-refractivity contribution in [2.24, 2.45) is 0 Å². The summed E-state index contributed by atoms with van der Waals surface area (Å²) in [5.41, 5.74) is 2.64. The molecule has 0 aliphatic rings. The van der Waals surface area contributed by atoms with Gasteiger partial charge in [0.2, 0.25) is 5.95 Å². The maximum absolute atomic E-state index is 14.2. The van der Waals surface area contributed by atoms with E-state index in [1.54, 1.807) is 37.6 Å². The van der Waals surface area contributed by atoms with Crippen molar-refractivity contribution in [2.75, 3.05) is 18.5 Å². The summed E-state index contributed by atoms with van der Waals surface area (Å²) in [7, 11) is 0. The molecule has 3 aromatic rings. The lowest BCUT2D eigenvalue weighted by molar-refractivity contribution is 0.0783. The lowest BCUT2D eigenvalue weighted by Crippen LogP contribution is -2.19. The van der Waals surface area contributed by atoms with Crippen LogP contribution in [0, 0.1) is 12.7 Å². The van der Waals surface area contributed by atoms with E-state index in [2.05, 4.69) is 20.4 Å². The van der Waals surface area contributed by atoms with Gasteiger partial charge >= 0.3 is 0 Å². The van der Waals surface area contributed by atoms with E-state index >= 15 is 0 Å². The normalized spacial score (nSPS) is 12.0. The number of rotatable bonds is 8. The highest BCUT2D eigenvalue weighted by Crippen LogP contribution is 2.27. The monoisotopic (exact) mass is 387 g/mol. The molecule has 1 aromatic carbocycles. The molecule has 9 heteroatoms. The second kappa shape index (κ2) is 8.77. The topological polar surface area (TPSA) is 105 Å². The maximum atomic E-state index is 14.2. The first-order chi connectivity index (χ1) is 13.5. The first-order valence-corrected chi connectivity index (χ1v) is 8.85. The molecule has 0 aliphatic heterocycles. The molecule has 0 bridgehead atoms. The molecule has 0 saturated heterocycles. The summed E-state index contributed by atoms with van der Waals surface area (Å²) in [4.78, 5) is 8.73. The van der Waals surface area contributed by atoms with Crippen molar-refractivity contribution >= 4 is 11.6 Å². The molecule has 28 heavy (non-hydrogen) atoms. The average Bonchev–Trinajstić information content (AvgIpc) is 3.11. The van der Waals surface area contributed by atoms with E-state index in [1.165, 1.54) is 10.7 Å². The molecule has 0 aliphatic carbocycles. The molecule has 0 fully saturated rings. The van der Waals surface area contributed by atoms with E-state index in [0.29, 0.717) is 29.5 Å². The number of aryl methyl sites for hydroxylation is 1. The number of halogens is 1. The SMILES string of the molecule is CCOc1ccc(-c2nc(Nc3cnn(CC(O)CO)c3)ncc2C)cc1F. The fourth-order valence-electron chi connectivity index (χ4n) is 2.65. The van der Waals surface area contributed by atoms with Crippen LogP contribution in [-0.4, -0.2) is 49.3 Å². The van der Waals surface area contributed by atoms with Gasteiger partial charge in [0, 0.05) is 18.0 Å². The van der Waals surface area contributed by atoms with E-state index in [9.17, 15) is 9.50 Å². The van der Waals surface area contributed by atoms with Gasteiger partial charge in [-0.25, -0.2) is 14.4 Å². The molecule has 3 rings (SSSR count).